The maximum absolute atomic E-state index is 2.46. The molecule has 0 N–H and O–H groups in total. The molecule has 1 heterocycles. The summed E-state index contributed by atoms with van der Waals surface area (Å²) in [5.41, 5.74) is 20.1. The highest BCUT2D eigenvalue weighted by Crippen LogP contribution is 2.51. The number of hydrogen-bond acceptors (Lipinski definition) is 1. The van der Waals surface area contributed by atoms with Gasteiger partial charge in [-0.05, 0) is 123 Å². The Morgan fingerprint density at radius 3 is 1.03 bits per heavy atom. The SMILES string of the molecule is c1ccc(-c2cccc3c2sc2c(-c4cccc(-c5c6ccccc6c(-c6ccc7c(c6)-c6ccccc6-c6ccccc6-c6ccccc6-7)c6ccccc56)c4)cccc23)cc1. The Hall–Kier alpha value is -7.84. The molecule has 0 saturated carbocycles. The molecule has 11 aromatic carbocycles. The minimum atomic E-state index is 1.22. The number of fused-ring (bicyclic) bond motifs is 13. The molecule has 0 unspecified atom stereocenters. The van der Waals surface area contributed by atoms with Crippen molar-refractivity contribution >= 4 is 53.1 Å². The molecule has 1 aliphatic carbocycles. The van der Waals surface area contributed by atoms with Crippen LogP contribution in [0.1, 0.15) is 0 Å². The minimum absolute atomic E-state index is 1.22. The summed E-state index contributed by atoms with van der Waals surface area (Å²) in [6.45, 7) is 0. The minimum Gasteiger partial charge on any atom is -0.134 e. The molecule has 13 rings (SSSR count). The molecule has 1 heteroatoms. The van der Waals surface area contributed by atoms with Crippen molar-refractivity contribution in [2.24, 2.45) is 0 Å². The van der Waals surface area contributed by atoms with Crippen molar-refractivity contribution < 1.29 is 0 Å². The van der Waals surface area contributed by atoms with E-state index in [2.05, 4.69) is 231 Å². The molecule has 292 valence electrons. The Morgan fingerprint density at radius 1 is 0.190 bits per heavy atom. The fraction of sp³-hybridized carbons (Fsp3) is 0. The first-order valence-electron chi connectivity index (χ1n) is 21.8. The summed E-state index contributed by atoms with van der Waals surface area (Å²) in [5.74, 6) is 0. The smallest absolute Gasteiger partial charge is 0.0434 e. The summed E-state index contributed by atoms with van der Waals surface area (Å²) in [4.78, 5) is 0. The second-order valence-electron chi connectivity index (χ2n) is 16.7. The van der Waals surface area contributed by atoms with Gasteiger partial charge in [-0.2, -0.15) is 0 Å². The van der Waals surface area contributed by atoms with Crippen LogP contribution in [0.2, 0.25) is 0 Å². The first-order valence-corrected chi connectivity index (χ1v) is 22.6. The fourth-order valence-electron chi connectivity index (χ4n) is 10.5. The van der Waals surface area contributed by atoms with E-state index in [1.807, 2.05) is 11.3 Å². The second-order valence-corrected chi connectivity index (χ2v) is 17.7. The van der Waals surface area contributed by atoms with E-state index < -0.39 is 0 Å². The maximum atomic E-state index is 2.46. The van der Waals surface area contributed by atoms with Crippen molar-refractivity contribution in [1.29, 1.82) is 0 Å². The molecule has 0 amide bonds. The van der Waals surface area contributed by atoms with Crippen LogP contribution in [-0.4, -0.2) is 0 Å². The lowest BCUT2D eigenvalue weighted by molar-refractivity contribution is 1.52. The molecule has 1 aromatic heterocycles. The van der Waals surface area contributed by atoms with Crippen LogP contribution in [0.15, 0.2) is 231 Å². The third-order valence-corrected chi connectivity index (χ3v) is 14.5. The zero-order valence-electron chi connectivity index (χ0n) is 34.3. The highest BCUT2D eigenvalue weighted by Gasteiger charge is 2.24. The number of benzene rings is 11. The first kappa shape index (κ1) is 35.9. The Balaban J connectivity index is 1.01. The van der Waals surface area contributed by atoms with E-state index in [1.54, 1.807) is 0 Å². The largest absolute Gasteiger partial charge is 0.134 e. The number of rotatable bonds is 4. The van der Waals surface area contributed by atoms with Crippen molar-refractivity contribution in [1.82, 2.24) is 0 Å². The molecule has 0 nitrogen and oxygen atoms in total. The average Bonchev–Trinajstić information content (AvgIpc) is 3.75. The van der Waals surface area contributed by atoms with Crippen molar-refractivity contribution in [2.45, 2.75) is 0 Å². The molecular formula is C62H38S. The molecule has 0 bridgehead atoms. The highest BCUT2D eigenvalue weighted by molar-refractivity contribution is 7.26. The molecule has 0 radical (unpaired) electrons. The lowest BCUT2D eigenvalue weighted by Gasteiger charge is -2.24. The molecule has 0 saturated heterocycles. The van der Waals surface area contributed by atoms with Crippen LogP contribution >= 0.6 is 11.3 Å². The fourth-order valence-corrected chi connectivity index (χ4v) is 11.9. The summed E-state index contributed by atoms with van der Waals surface area (Å²) in [6.07, 6.45) is 0. The van der Waals surface area contributed by atoms with Crippen LogP contribution in [0.25, 0.3) is 131 Å². The van der Waals surface area contributed by atoms with Crippen LogP contribution in [0.4, 0.5) is 0 Å². The van der Waals surface area contributed by atoms with Crippen LogP contribution in [0.5, 0.6) is 0 Å². The number of hydrogen-bond donors (Lipinski definition) is 0. The molecule has 0 spiro atoms. The average molecular weight is 815 g/mol. The molecule has 0 atom stereocenters. The first-order chi connectivity index (χ1) is 31.3. The van der Waals surface area contributed by atoms with Gasteiger partial charge in [-0.1, -0.05) is 218 Å². The van der Waals surface area contributed by atoms with E-state index in [9.17, 15) is 0 Å². The quantitative estimate of drug-likeness (QED) is 0.155. The Morgan fingerprint density at radius 2 is 0.524 bits per heavy atom. The predicted molar refractivity (Wildman–Crippen MR) is 271 cm³/mol. The van der Waals surface area contributed by atoms with E-state index in [1.165, 1.54) is 131 Å². The van der Waals surface area contributed by atoms with Crippen molar-refractivity contribution in [2.75, 3.05) is 0 Å². The number of thiophene rings is 1. The zero-order chi connectivity index (χ0) is 41.4. The van der Waals surface area contributed by atoms with E-state index in [-0.39, 0.29) is 0 Å². The van der Waals surface area contributed by atoms with Gasteiger partial charge < -0.3 is 0 Å². The Kier molecular flexibility index (Phi) is 8.19. The standard InChI is InChI=1S/C62H38S/c1-2-17-39(18-3-1)43-31-15-33-56-57-34-16-32-44(62(57)63-61(43)56)40-19-14-20-41(37-40)59-52-27-10-12-29-54(52)60(55-30-13-11-28-53(55)59)42-35-36-51-49-25-7-6-23-47(49)45-21-4-5-22-46(45)48-24-8-9-26-50(48)58(51)38-42/h1-38H. The molecule has 0 aliphatic heterocycles. The van der Waals surface area contributed by atoms with Crippen molar-refractivity contribution in [3.05, 3.63) is 231 Å². The van der Waals surface area contributed by atoms with Gasteiger partial charge in [-0.15, -0.1) is 11.3 Å². The maximum Gasteiger partial charge on any atom is 0.0434 e. The van der Waals surface area contributed by atoms with Crippen molar-refractivity contribution in [3.63, 3.8) is 0 Å². The van der Waals surface area contributed by atoms with Gasteiger partial charge in [0.2, 0.25) is 0 Å². The second kappa shape index (κ2) is 14.4. The van der Waals surface area contributed by atoms with Crippen LogP contribution in [-0.2, 0) is 0 Å². The van der Waals surface area contributed by atoms with E-state index in [0.29, 0.717) is 0 Å². The monoisotopic (exact) mass is 814 g/mol. The molecular weight excluding hydrogens is 777 g/mol. The van der Waals surface area contributed by atoms with Gasteiger partial charge in [0.05, 0.1) is 0 Å². The summed E-state index contributed by atoms with van der Waals surface area (Å²) >= 11 is 1.91. The van der Waals surface area contributed by atoms with Gasteiger partial charge in [0.15, 0.2) is 0 Å². The highest BCUT2D eigenvalue weighted by atomic mass is 32.1. The van der Waals surface area contributed by atoms with Crippen molar-refractivity contribution in [3.8, 4) is 89.0 Å². The summed E-state index contributed by atoms with van der Waals surface area (Å²) in [6, 6.07) is 85.6. The summed E-state index contributed by atoms with van der Waals surface area (Å²) in [7, 11) is 0. The summed E-state index contributed by atoms with van der Waals surface area (Å²) < 4.78 is 2.66. The Bertz CT molecular complexity index is 3730. The Labute approximate surface area is 370 Å². The third kappa shape index (κ3) is 5.60. The van der Waals surface area contributed by atoms with Gasteiger partial charge in [-0.3, -0.25) is 0 Å². The van der Waals surface area contributed by atoms with Gasteiger partial charge >= 0.3 is 0 Å². The third-order valence-electron chi connectivity index (χ3n) is 13.3. The lowest BCUT2D eigenvalue weighted by Crippen LogP contribution is -1.97. The van der Waals surface area contributed by atoms with Crippen LogP contribution < -0.4 is 0 Å². The topological polar surface area (TPSA) is 0 Å². The normalized spacial score (nSPS) is 11.8. The molecule has 1 aliphatic rings. The molecule has 12 aromatic rings. The van der Waals surface area contributed by atoms with E-state index in [4.69, 9.17) is 0 Å². The van der Waals surface area contributed by atoms with Gasteiger partial charge in [0, 0.05) is 20.2 Å². The summed E-state index contributed by atoms with van der Waals surface area (Å²) in [5, 5.41) is 7.63. The van der Waals surface area contributed by atoms with Gasteiger partial charge in [0.1, 0.15) is 0 Å². The lowest BCUT2D eigenvalue weighted by atomic mass is 9.79. The van der Waals surface area contributed by atoms with Gasteiger partial charge in [0.25, 0.3) is 0 Å². The van der Waals surface area contributed by atoms with Crippen LogP contribution in [0, 0.1) is 0 Å². The molecule has 63 heavy (non-hydrogen) atoms. The molecule has 0 fully saturated rings. The van der Waals surface area contributed by atoms with E-state index >= 15 is 0 Å². The van der Waals surface area contributed by atoms with Crippen LogP contribution in [0.3, 0.4) is 0 Å². The van der Waals surface area contributed by atoms with E-state index in [0.717, 1.165) is 0 Å². The predicted octanol–water partition coefficient (Wildman–Crippen LogP) is 18.0. The van der Waals surface area contributed by atoms with Gasteiger partial charge in [-0.25, -0.2) is 0 Å². The zero-order valence-corrected chi connectivity index (χ0v) is 35.2.